The third-order valence-electron chi connectivity index (χ3n) is 2.76. The number of benzene rings is 1. The predicted molar refractivity (Wildman–Crippen MR) is 76.3 cm³/mol. The molecule has 0 saturated heterocycles. The Labute approximate surface area is 117 Å². The highest BCUT2D eigenvalue weighted by atomic mass is 32.1. The van der Waals surface area contributed by atoms with Gasteiger partial charge in [-0.1, -0.05) is 13.0 Å². The fourth-order valence-corrected chi connectivity index (χ4v) is 2.61. The van der Waals surface area contributed by atoms with Crippen LogP contribution in [-0.4, -0.2) is 4.98 Å². The van der Waals surface area contributed by atoms with Gasteiger partial charge in [0, 0.05) is 5.38 Å². The van der Waals surface area contributed by atoms with Gasteiger partial charge in [-0.2, -0.15) is 5.26 Å². The molecular formula is C15H16N2OS. The van der Waals surface area contributed by atoms with Crippen LogP contribution in [0.25, 0.3) is 0 Å². The number of thiazole rings is 1. The van der Waals surface area contributed by atoms with Crippen molar-refractivity contribution in [1.82, 2.24) is 4.98 Å². The maximum atomic E-state index is 8.88. The number of nitrogens with zero attached hydrogens (tertiary/aromatic N) is 2. The Morgan fingerprint density at radius 1 is 1.42 bits per heavy atom. The standard InChI is InChI=1S/C15H16N2OS/c1-3-4-15-17-13(10-19-15)9-18-14-7-12(8-16)6-5-11(14)2/h5-7,10H,3-4,9H2,1-2H3. The van der Waals surface area contributed by atoms with Crippen molar-refractivity contribution >= 4 is 11.3 Å². The lowest BCUT2D eigenvalue weighted by Gasteiger charge is -2.07. The Balaban J connectivity index is 2.03. The van der Waals surface area contributed by atoms with E-state index in [0.717, 1.165) is 34.9 Å². The van der Waals surface area contributed by atoms with Crippen molar-refractivity contribution in [2.75, 3.05) is 0 Å². The summed E-state index contributed by atoms with van der Waals surface area (Å²) in [5, 5.41) is 12.1. The zero-order valence-corrected chi connectivity index (χ0v) is 12.0. The summed E-state index contributed by atoms with van der Waals surface area (Å²) in [7, 11) is 0. The monoisotopic (exact) mass is 272 g/mol. The van der Waals surface area contributed by atoms with Crippen molar-refractivity contribution in [3.05, 3.63) is 45.4 Å². The van der Waals surface area contributed by atoms with Crippen LogP contribution < -0.4 is 4.74 Å². The van der Waals surface area contributed by atoms with E-state index in [2.05, 4.69) is 18.0 Å². The van der Waals surface area contributed by atoms with Gasteiger partial charge in [0.2, 0.25) is 0 Å². The summed E-state index contributed by atoms with van der Waals surface area (Å²) in [6, 6.07) is 7.59. The van der Waals surface area contributed by atoms with Gasteiger partial charge < -0.3 is 4.74 Å². The van der Waals surface area contributed by atoms with Crippen LogP contribution in [0.4, 0.5) is 0 Å². The Morgan fingerprint density at radius 2 is 2.26 bits per heavy atom. The van der Waals surface area contributed by atoms with Crippen LogP contribution in [0, 0.1) is 18.3 Å². The molecule has 0 N–H and O–H groups in total. The normalized spacial score (nSPS) is 10.2. The SMILES string of the molecule is CCCc1nc(COc2cc(C#N)ccc2C)cs1. The summed E-state index contributed by atoms with van der Waals surface area (Å²) < 4.78 is 5.75. The summed E-state index contributed by atoms with van der Waals surface area (Å²) in [6.07, 6.45) is 2.13. The summed E-state index contributed by atoms with van der Waals surface area (Å²) in [4.78, 5) is 4.52. The van der Waals surface area contributed by atoms with Gasteiger partial charge in [0.25, 0.3) is 0 Å². The Morgan fingerprint density at radius 3 is 3.00 bits per heavy atom. The van der Waals surface area contributed by atoms with Crippen LogP contribution in [-0.2, 0) is 13.0 Å². The number of aryl methyl sites for hydroxylation is 2. The van der Waals surface area contributed by atoms with Crippen LogP contribution in [0.15, 0.2) is 23.6 Å². The molecule has 4 heteroatoms. The van der Waals surface area contributed by atoms with Crippen molar-refractivity contribution in [1.29, 1.82) is 5.26 Å². The quantitative estimate of drug-likeness (QED) is 0.830. The summed E-state index contributed by atoms with van der Waals surface area (Å²) in [6.45, 7) is 4.57. The first-order valence-corrected chi connectivity index (χ1v) is 7.17. The zero-order chi connectivity index (χ0) is 13.7. The molecule has 0 atom stereocenters. The highest BCUT2D eigenvalue weighted by Crippen LogP contribution is 2.21. The second kappa shape index (κ2) is 6.35. The Kier molecular flexibility index (Phi) is 4.53. The average Bonchev–Trinajstić information content (AvgIpc) is 2.86. The molecule has 0 bridgehead atoms. The van der Waals surface area contributed by atoms with Crippen molar-refractivity contribution in [3.8, 4) is 11.8 Å². The van der Waals surface area contributed by atoms with Crippen LogP contribution in [0.5, 0.6) is 5.75 Å². The van der Waals surface area contributed by atoms with Crippen LogP contribution in [0.2, 0.25) is 0 Å². The van der Waals surface area contributed by atoms with E-state index in [9.17, 15) is 0 Å². The molecule has 0 aliphatic rings. The van der Waals surface area contributed by atoms with Gasteiger partial charge in [-0.05, 0) is 37.5 Å². The van der Waals surface area contributed by atoms with Crippen LogP contribution in [0.3, 0.4) is 0 Å². The fourth-order valence-electron chi connectivity index (χ4n) is 1.72. The first kappa shape index (κ1) is 13.6. The number of nitriles is 1. The fraction of sp³-hybridized carbons (Fsp3) is 0.333. The molecule has 1 aromatic heterocycles. The van der Waals surface area contributed by atoms with E-state index in [4.69, 9.17) is 10.00 Å². The molecule has 1 heterocycles. The first-order chi connectivity index (χ1) is 9.22. The van der Waals surface area contributed by atoms with Gasteiger partial charge in [-0.15, -0.1) is 11.3 Å². The van der Waals surface area contributed by atoms with Crippen LogP contribution in [0.1, 0.15) is 35.2 Å². The van der Waals surface area contributed by atoms with E-state index in [0.29, 0.717) is 12.2 Å². The molecule has 0 fully saturated rings. The molecule has 1 aromatic carbocycles. The number of hydrogen-bond donors (Lipinski definition) is 0. The van der Waals surface area contributed by atoms with E-state index in [-0.39, 0.29) is 0 Å². The molecule has 0 aliphatic heterocycles. The van der Waals surface area contributed by atoms with E-state index in [1.807, 2.05) is 18.4 Å². The van der Waals surface area contributed by atoms with E-state index in [1.165, 1.54) is 0 Å². The smallest absolute Gasteiger partial charge is 0.131 e. The molecule has 2 aromatic rings. The second-order valence-corrected chi connectivity index (χ2v) is 5.31. The van der Waals surface area contributed by atoms with E-state index in [1.54, 1.807) is 23.5 Å². The Bertz CT molecular complexity index is 598. The molecule has 0 unspecified atom stereocenters. The summed E-state index contributed by atoms with van der Waals surface area (Å²) in [5.41, 5.74) is 2.60. The third-order valence-corrected chi connectivity index (χ3v) is 3.71. The van der Waals surface area contributed by atoms with Crippen LogP contribution >= 0.6 is 11.3 Å². The number of rotatable bonds is 5. The first-order valence-electron chi connectivity index (χ1n) is 6.29. The lowest BCUT2D eigenvalue weighted by molar-refractivity contribution is 0.299. The highest BCUT2D eigenvalue weighted by Gasteiger charge is 2.05. The van der Waals surface area contributed by atoms with Gasteiger partial charge in [0.05, 0.1) is 22.3 Å². The second-order valence-electron chi connectivity index (χ2n) is 4.36. The van der Waals surface area contributed by atoms with E-state index < -0.39 is 0 Å². The van der Waals surface area contributed by atoms with Crippen molar-refractivity contribution < 1.29 is 4.74 Å². The maximum Gasteiger partial charge on any atom is 0.131 e. The molecule has 19 heavy (non-hydrogen) atoms. The number of ether oxygens (including phenoxy) is 1. The lowest BCUT2D eigenvalue weighted by Crippen LogP contribution is -1.98. The zero-order valence-electron chi connectivity index (χ0n) is 11.1. The Hall–Kier alpha value is -1.86. The summed E-state index contributed by atoms with van der Waals surface area (Å²) >= 11 is 1.68. The third kappa shape index (κ3) is 3.55. The number of hydrogen-bond acceptors (Lipinski definition) is 4. The van der Waals surface area contributed by atoms with E-state index >= 15 is 0 Å². The lowest BCUT2D eigenvalue weighted by atomic mass is 10.1. The molecule has 0 aliphatic carbocycles. The van der Waals surface area contributed by atoms with Gasteiger partial charge in [0.15, 0.2) is 0 Å². The van der Waals surface area contributed by atoms with Crippen molar-refractivity contribution in [2.24, 2.45) is 0 Å². The minimum absolute atomic E-state index is 0.454. The molecule has 2 rings (SSSR count). The molecule has 98 valence electrons. The maximum absolute atomic E-state index is 8.88. The van der Waals surface area contributed by atoms with Crippen molar-refractivity contribution in [3.63, 3.8) is 0 Å². The molecular weight excluding hydrogens is 256 g/mol. The largest absolute Gasteiger partial charge is 0.487 e. The predicted octanol–water partition coefficient (Wildman–Crippen LogP) is 3.85. The molecule has 3 nitrogen and oxygen atoms in total. The highest BCUT2D eigenvalue weighted by molar-refractivity contribution is 7.09. The average molecular weight is 272 g/mol. The van der Waals surface area contributed by atoms with Crippen molar-refractivity contribution in [2.45, 2.75) is 33.3 Å². The molecule has 0 spiro atoms. The molecule has 0 radical (unpaired) electrons. The molecule has 0 saturated carbocycles. The minimum Gasteiger partial charge on any atom is -0.487 e. The summed E-state index contributed by atoms with van der Waals surface area (Å²) in [5.74, 6) is 0.754. The van der Waals surface area contributed by atoms with Gasteiger partial charge in [-0.3, -0.25) is 0 Å². The number of aromatic nitrogens is 1. The van der Waals surface area contributed by atoms with Gasteiger partial charge in [0.1, 0.15) is 12.4 Å². The van der Waals surface area contributed by atoms with Gasteiger partial charge >= 0.3 is 0 Å². The minimum atomic E-state index is 0.454. The topological polar surface area (TPSA) is 45.9 Å². The van der Waals surface area contributed by atoms with Gasteiger partial charge in [-0.25, -0.2) is 4.98 Å². The molecule has 0 amide bonds.